The van der Waals surface area contributed by atoms with Gasteiger partial charge in [-0.2, -0.15) is 0 Å². The second-order valence-electron chi connectivity index (χ2n) is 7.94. The molecule has 0 spiro atoms. The van der Waals surface area contributed by atoms with E-state index >= 15 is 0 Å². The fourth-order valence-corrected chi connectivity index (χ4v) is 3.54. The zero-order valence-electron chi connectivity index (χ0n) is 19.5. The van der Waals surface area contributed by atoms with E-state index in [4.69, 9.17) is 14.2 Å². The Morgan fingerprint density at radius 1 is 0.543 bits per heavy atom. The molecule has 0 N–H and O–H groups in total. The Morgan fingerprint density at radius 2 is 1.03 bits per heavy atom. The predicted octanol–water partition coefficient (Wildman–Crippen LogP) is 7.03. The Kier molecular flexibility index (Phi) is 8.72. The fourth-order valence-electron chi connectivity index (χ4n) is 3.54. The van der Waals surface area contributed by atoms with Crippen molar-refractivity contribution in [3.05, 3.63) is 131 Å². The van der Waals surface area contributed by atoms with Crippen molar-refractivity contribution >= 4 is 12.4 Å². The van der Waals surface area contributed by atoms with Gasteiger partial charge in [-0.1, -0.05) is 103 Å². The maximum Gasteiger partial charge on any atom is 0.204 e. The molecular weight excluding hydrogens is 436 g/mol. The fraction of sp³-hybridized carbons (Fsp3) is 0.129. The Bertz CT molecular complexity index is 1220. The van der Waals surface area contributed by atoms with Crippen LogP contribution >= 0.6 is 0 Å². The van der Waals surface area contributed by atoms with E-state index in [9.17, 15) is 4.79 Å². The molecule has 4 rings (SSSR count). The van der Waals surface area contributed by atoms with Crippen LogP contribution in [0.25, 0.3) is 6.08 Å². The molecule has 0 aliphatic rings. The van der Waals surface area contributed by atoms with E-state index in [2.05, 4.69) is 0 Å². The molecule has 0 radical (unpaired) electrons. The highest BCUT2D eigenvalue weighted by Crippen LogP contribution is 2.42. The maximum atomic E-state index is 10.9. The van der Waals surface area contributed by atoms with Crippen LogP contribution in [0.5, 0.6) is 17.2 Å². The van der Waals surface area contributed by atoms with E-state index in [1.165, 1.54) is 0 Å². The van der Waals surface area contributed by atoms with Crippen molar-refractivity contribution in [2.24, 2.45) is 0 Å². The highest BCUT2D eigenvalue weighted by Gasteiger charge is 2.18. The summed E-state index contributed by atoms with van der Waals surface area (Å²) in [4.78, 5) is 10.9. The molecule has 0 atom stereocenters. The average Bonchev–Trinajstić information content (AvgIpc) is 2.92. The number of benzene rings is 4. The minimum absolute atomic E-state index is 0.324. The van der Waals surface area contributed by atoms with Crippen LogP contribution in [0.15, 0.2) is 109 Å². The molecule has 4 heteroatoms. The van der Waals surface area contributed by atoms with Gasteiger partial charge in [0, 0.05) is 12.0 Å². The van der Waals surface area contributed by atoms with Crippen LogP contribution in [0.3, 0.4) is 0 Å². The van der Waals surface area contributed by atoms with Gasteiger partial charge in [0.05, 0.1) is 0 Å². The number of carbonyl (C=O) groups is 1. The standard InChI is InChI=1S/C31H28O4/c32-21-11-10-18-28-19-20-29(33-22-25-12-4-1-5-13-25)31(35-24-27-16-8-3-9-17-27)30(28)34-23-26-14-6-2-7-15-26/h1-10,12-21H,11,22-24H2. The molecule has 0 aliphatic heterocycles. The molecule has 0 unspecified atom stereocenters. The van der Waals surface area contributed by atoms with Crippen LogP contribution in [0, 0.1) is 0 Å². The molecule has 0 fully saturated rings. The van der Waals surface area contributed by atoms with E-state index in [-0.39, 0.29) is 0 Å². The number of ether oxygens (including phenoxy) is 3. The zero-order chi connectivity index (χ0) is 24.1. The number of hydrogen-bond acceptors (Lipinski definition) is 4. The van der Waals surface area contributed by atoms with Crippen molar-refractivity contribution < 1.29 is 19.0 Å². The molecule has 176 valence electrons. The van der Waals surface area contributed by atoms with Crippen LogP contribution in [-0.2, 0) is 24.6 Å². The van der Waals surface area contributed by atoms with E-state index in [0.717, 1.165) is 28.5 Å². The van der Waals surface area contributed by atoms with Crippen LogP contribution in [0.4, 0.5) is 0 Å². The minimum Gasteiger partial charge on any atom is -0.485 e. The Labute approximate surface area is 206 Å². The van der Waals surface area contributed by atoms with Crippen molar-refractivity contribution in [1.82, 2.24) is 0 Å². The van der Waals surface area contributed by atoms with Gasteiger partial charge in [-0.05, 0) is 28.8 Å². The van der Waals surface area contributed by atoms with E-state index in [1.54, 1.807) is 0 Å². The highest BCUT2D eigenvalue weighted by molar-refractivity contribution is 5.68. The molecule has 0 bridgehead atoms. The van der Waals surface area contributed by atoms with Crippen LogP contribution < -0.4 is 14.2 Å². The van der Waals surface area contributed by atoms with Crippen molar-refractivity contribution in [2.75, 3.05) is 0 Å². The third-order valence-electron chi connectivity index (χ3n) is 5.33. The van der Waals surface area contributed by atoms with Crippen LogP contribution in [0.2, 0.25) is 0 Å². The molecule has 35 heavy (non-hydrogen) atoms. The normalized spacial score (nSPS) is 10.7. The van der Waals surface area contributed by atoms with Crippen molar-refractivity contribution in [3.63, 3.8) is 0 Å². The first-order chi connectivity index (χ1) is 17.3. The van der Waals surface area contributed by atoms with Crippen LogP contribution in [0.1, 0.15) is 28.7 Å². The summed E-state index contributed by atoms with van der Waals surface area (Å²) in [5.74, 6) is 1.71. The number of rotatable bonds is 12. The number of hydrogen-bond donors (Lipinski definition) is 0. The Morgan fingerprint density at radius 3 is 1.54 bits per heavy atom. The molecule has 4 nitrogen and oxygen atoms in total. The molecule has 0 saturated heterocycles. The number of allylic oxidation sites excluding steroid dienone is 1. The molecule has 4 aromatic carbocycles. The quantitative estimate of drug-likeness (QED) is 0.211. The smallest absolute Gasteiger partial charge is 0.204 e. The van der Waals surface area contributed by atoms with Crippen LogP contribution in [-0.4, -0.2) is 6.29 Å². The lowest BCUT2D eigenvalue weighted by atomic mass is 10.1. The summed E-state index contributed by atoms with van der Waals surface area (Å²) in [6.07, 6.45) is 4.88. The zero-order valence-corrected chi connectivity index (χ0v) is 19.5. The average molecular weight is 465 g/mol. The highest BCUT2D eigenvalue weighted by atomic mass is 16.5. The van der Waals surface area contributed by atoms with Gasteiger partial charge in [0.1, 0.15) is 26.1 Å². The topological polar surface area (TPSA) is 44.8 Å². The summed E-state index contributed by atoms with van der Waals surface area (Å²) in [5.41, 5.74) is 3.96. The maximum absolute atomic E-state index is 10.9. The molecule has 4 aromatic rings. The largest absolute Gasteiger partial charge is 0.485 e. The molecular formula is C31H28O4. The molecule has 0 amide bonds. The molecule has 0 aromatic heterocycles. The lowest BCUT2D eigenvalue weighted by Gasteiger charge is -2.19. The first-order valence-corrected chi connectivity index (χ1v) is 11.6. The lowest BCUT2D eigenvalue weighted by Crippen LogP contribution is -2.05. The summed E-state index contributed by atoms with van der Waals surface area (Å²) < 4.78 is 18.8. The first-order valence-electron chi connectivity index (χ1n) is 11.6. The molecule has 0 heterocycles. The van der Waals surface area contributed by atoms with Gasteiger partial charge in [-0.25, -0.2) is 0 Å². The van der Waals surface area contributed by atoms with Gasteiger partial charge in [0.2, 0.25) is 5.75 Å². The first kappa shape index (κ1) is 23.8. The van der Waals surface area contributed by atoms with Crippen molar-refractivity contribution in [3.8, 4) is 17.2 Å². The van der Waals surface area contributed by atoms with Gasteiger partial charge < -0.3 is 19.0 Å². The van der Waals surface area contributed by atoms with Gasteiger partial charge in [-0.3, -0.25) is 0 Å². The third-order valence-corrected chi connectivity index (χ3v) is 5.33. The Balaban J connectivity index is 1.68. The molecule has 0 aliphatic carbocycles. The summed E-state index contributed by atoms with van der Waals surface area (Å²) in [6, 6.07) is 33.8. The SMILES string of the molecule is O=CCC=Cc1ccc(OCc2ccccc2)c(OCc2ccccc2)c1OCc1ccccc1. The third kappa shape index (κ3) is 7.08. The number of carbonyl (C=O) groups excluding carboxylic acids is 1. The Hall–Kier alpha value is -4.31. The second kappa shape index (κ2) is 12.8. The lowest BCUT2D eigenvalue weighted by molar-refractivity contribution is -0.107. The van der Waals surface area contributed by atoms with Crippen molar-refractivity contribution in [1.29, 1.82) is 0 Å². The minimum atomic E-state index is 0.324. The second-order valence-corrected chi connectivity index (χ2v) is 7.94. The van der Waals surface area contributed by atoms with E-state index < -0.39 is 0 Å². The number of aldehydes is 1. The van der Waals surface area contributed by atoms with Gasteiger partial charge in [0.15, 0.2) is 11.5 Å². The summed E-state index contributed by atoms with van der Waals surface area (Å²) >= 11 is 0. The molecule has 0 saturated carbocycles. The summed E-state index contributed by atoms with van der Waals surface area (Å²) in [6.45, 7) is 1.14. The van der Waals surface area contributed by atoms with Crippen molar-refractivity contribution in [2.45, 2.75) is 26.2 Å². The van der Waals surface area contributed by atoms with E-state index in [0.29, 0.717) is 43.5 Å². The monoisotopic (exact) mass is 464 g/mol. The predicted molar refractivity (Wildman–Crippen MR) is 138 cm³/mol. The van der Waals surface area contributed by atoms with Gasteiger partial charge >= 0.3 is 0 Å². The summed E-state index contributed by atoms with van der Waals surface area (Å²) in [7, 11) is 0. The van der Waals surface area contributed by atoms with E-state index in [1.807, 2.05) is 115 Å². The van der Waals surface area contributed by atoms with Gasteiger partial charge in [0.25, 0.3) is 0 Å². The van der Waals surface area contributed by atoms with Gasteiger partial charge in [-0.15, -0.1) is 0 Å². The summed E-state index contributed by atoms with van der Waals surface area (Å²) in [5, 5.41) is 0.